The number of amides is 1. The van der Waals surface area contributed by atoms with Gasteiger partial charge in [-0.15, -0.1) is 0 Å². The molecule has 0 bridgehead atoms. The van der Waals surface area contributed by atoms with E-state index in [0.717, 1.165) is 25.9 Å². The van der Waals surface area contributed by atoms with E-state index in [1.807, 2.05) is 25.7 Å². The third-order valence-corrected chi connectivity index (χ3v) is 3.89. The summed E-state index contributed by atoms with van der Waals surface area (Å²) < 4.78 is 5.43. The highest BCUT2D eigenvalue weighted by Crippen LogP contribution is 2.22. The second-order valence-corrected chi connectivity index (χ2v) is 7.20. The van der Waals surface area contributed by atoms with Crippen LogP contribution in [0.5, 0.6) is 0 Å². The molecule has 122 valence electrons. The summed E-state index contributed by atoms with van der Waals surface area (Å²) in [4.78, 5) is 13.9. The van der Waals surface area contributed by atoms with Crippen molar-refractivity contribution >= 4 is 11.8 Å². The number of carbonyl (C=O) groups excluding carboxylic acids is 1. The maximum absolute atomic E-state index is 12.1. The largest absolute Gasteiger partial charge is 0.444 e. The summed E-state index contributed by atoms with van der Waals surface area (Å²) in [7, 11) is 0. The van der Waals surface area contributed by atoms with E-state index in [4.69, 9.17) is 4.74 Å². The van der Waals surface area contributed by atoms with Gasteiger partial charge in [0.25, 0.3) is 0 Å². The monoisotopic (exact) mass is 304 g/mol. The molecule has 1 aromatic carbocycles. The second-order valence-electron chi connectivity index (χ2n) is 7.20. The number of benzene rings is 1. The quantitative estimate of drug-likeness (QED) is 0.894. The van der Waals surface area contributed by atoms with E-state index < -0.39 is 5.60 Å². The molecule has 0 radical (unpaired) electrons. The van der Waals surface area contributed by atoms with Gasteiger partial charge in [0.05, 0.1) is 0 Å². The summed E-state index contributed by atoms with van der Waals surface area (Å²) in [5.41, 5.74) is 3.32. The lowest BCUT2D eigenvalue weighted by Gasteiger charge is -2.34. The fraction of sp³-hybridized carbons (Fsp3) is 0.611. The Morgan fingerprint density at radius 3 is 2.41 bits per heavy atom. The molecular weight excluding hydrogens is 276 g/mol. The van der Waals surface area contributed by atoms with E-state index in [-0.39, 0.29) is 6.09 Å². The van der Waals surface area contributed by atoms with E-state index in [9.17, 15) is 4.79 Å². The molecule has 2 rings (SSSR count). The molecule has 0 saturated carbocycles. The minimum absolute atomic E-state index is 0.197. The predicted octanol–water partition coefficient (Wildman–Crippen LogP) is 4.11. The summed E-state index contributed by atoms with van der Waals surface area (Å²) in [6.07, 6.45) is 1.71. The van der Waals surface area contributed by atoms with Crippen molar-refractivity contribution in [3.8, 4) is 0 Å². The summed E-state index contributed by atoms with van der Waals surface area (Å²) in [5.74, 6) is 0. The SMILES string of the molecule is Cc1ccc(NC2CCN(C(=O)OC(C)(C)C)CC2)c(C)c1. The van der Waals surface area contributed by atoms with Gasteiger partial charge in [0, 0.05) is 24.8 Å². The maximum Gasteiger partial charge on any atom is 0.410 e. The van der Waals surface area contributed by atoms with Gasteiger partial charge in [-0.05, 0) is 59.1 Å². The molecule has 1 aliphatic rings. The van der Waals surface area contributed by atoms with Crippen LogP contribution in [0.15, 0.2) is 18.2 Å². The number of aryl methyl sites for hydroxylation is 2. The van der Waals surface area contributed by atoms with Gasteiger partial charge in [-0.1, -0.05) is 17.7 Å². The number of hydrogen-bond donors (Lipinski definition) is 1. The number of carbonyl (C=O) groups is 1. The molecule has 1 heterocycles. The summed E-state index contributed by atoms with van der Waals surface area (Å²) in [5, 5.41) is 3.61. The Hall–Kier alpha value is -1.71. The lowest BCUT2D eigenvalue weighted by molar-refractivity contribution is 0.0210. The Bertz CT molecular complexity index is 526. The number of hydrogen-bond acceptors (Lipinski definition) is 3. The van der Waals surface area contributed by atoms with Gasteiger partial charge in [0.1, 0.15) is 5.60 Å². The van der Waals surface area contributed by atoms with Crippen LogP contribution in [0.2, 0.25) is 0 Å². The zero-order valence-corrected chi connectivity index (χ0v) is 14.4. The van der Waals surface area contributed by atoms with E-state index in [1.54, 1.807) is 0 Å². The average Bonchev–Trinajstić information content (AvgIpc) is 2.41. The van der Waals surface area contributed by atoms with Crippen molar-refractivity contribution in [1.29, 1.82) is 0 Å². The number of likely N-dealkylation sites (tertiary alicyclic amines) is 1. The zero-order valence-electron chi connectivity index (χ0n) is 14.4. The molecule has 4 nitrogen and oxygen atoms in total. The summed E-state index contributed by atoms with van der Waals surface area (Å²) >= 11 is 0. The minimum Gasteiger partial charge on any atom is -0.444 e. The number of anilines is 1. The number of rotatable bonds is 2. The number of ether oxygens (including phenoxy) is 1. The van der Waals surface area contributed by atoms with Crippen LogP contribution in [0.1, 0.15) is 44.7 Å². The third-order valence-electron chi connectivity index (χ3n) is 3.89. The van der Waals surface area contributed by atoms with Crippen molar-refractivity contribution in [2.45, 2.75) is 59.1 Å². The van der Waals surface area contributed by atoms with Gasteiger partial charge in [-0.2, -0.15) is 0 Å². The van der Waals surface area contributed by atoms with Crippen LogP contribution < -0.4 is 5.32 Å². The third kappa shape index (κ3) is 4.65. The number of piperidine rings is 1. The lowest BCUT2D eigenvalue weighted by Crippen LogP contribution is -2.44. The first kappa shape index (κ1) is 16.7. The van der Waals surface area contributed by atoms with Crippen LogP contribution in [-0.4, -0.2) is 35.7 Å². The van der Waals surface area contributed by atoms with E-state index >= 15 is 0 Å². The van der Waals surface area contributed by atoms with Gasteiger partial charge < -0.3 is 15.0 Å². The van der Waals surface area contributed by atoms with Gasteiger partial charge in [-0.25, -0.2) is 4.79 Å². The van der Waals surface area contributed by atoms with Crippen molar-refractivity contribution in [2.75, 3.05) is 18.4 Å². The smallest absolute Gasteiger partial charge is 0.410 e. The molecule has 1 amide bonds. The first-order chi connectivity index (χ1) is 10.2. The Labute approximate surface area is 133 Å². The Kier molecular flexibility index (Phi) is 4.99. The van der Waals surface area contributed by atoms with E-state index in [0.29, 0.717) is 6.04 Å². The molecule has 22 heavy (non-hydrogen) atoms. The summed E-state index contributed by atoms with van der Waals surface area (Å²) in [6, 6.07) is 6.88. The molecule has 1 saturated heterocycles. The first-order valence-electron chi connectivity index (χ1n) is 8.06. The molecule has 0 aliphatic carbocycles. The number of nitrogens with zero attached hydrogens (tertiary/aromatic N) is 1. The average molecular weight is 304 g/mol. The molecule has 0 aromatic heterocycles. The molecule has 0 spiro atoms. The molecule has 1 N–H and O–H groups in total. The maximum atomic E-state index is 12.1. The molecule has 4 heteroatoms. The Balaban J connectivity index is 1.86. The highest BCUT2D eigenvalue weighted by Gasteiger charge is 2.26. The standard InChI is InChI=1S/C18H28N2O2/c1-13-6-7-16(14(2)12-13)19-15-8-10-20(11-9-15)17(21)22-18(3,4)5/h6-7,12,15,19H,8-11H2,1-5H3. The fourth-order valence-electron chi connectivity index (χ4n) is 2.73. The fourth-order valence-corrected chi connectivity index (χ4v) is 2.73. The first-order valence-corrected chi connectivity index (χ1v) is 8.06. The van der Waals surface area contributed by atoms with Crippen molar-refractivity contribution < 1.29 is 9.53 Å². The number of nitrogens with one attached hydrogen (secondary N) is 1. The van der Waals surface area contributed by atoms with Gasteiger partial charge >= 0.3 is 6.09 Å². The molecule has 1 aromatic rings. The molecular formula is C18H28N2O2. The topological polar surface area (TPSA) is 41.6 Å². The van der Waals surface area contributed by atoms with Crippen LogP contribution in [0.25, 0.3) is 0 Å². The highest BCUT2D eigenvalue weighted by molar-refractivity contribution is 5.68. The van der Waals surface area contributed by atoms with Crippen molar-refractivity contribution in [3.63, 3.8) is 0 Å². The van der Waals surface area contributed by atoms with Gasteiger partial charge in [0.15, 0.2) is 0 Å². The van der Waals surface area contributed by atoms with Crippen molar-refractivity contribution in [1.82, 2.24) is 4.90 Å². The zero-order chi connectivity index (χ0) is 16.3. The van der Waals surface area contributed by atoms with Crippen LogP contribution in [0, 0.1) is 13.8 Å². The van der Waals surface area contributed by atoms with E-state index in [2.05, 4.69) is 37.4 Å². The predicted molar refractivity (Wildman–Crippen MR) is 90.4 cm³/mol. The Morgan fingerprint density at radius 1 is 1.23 bits per heavy atom. The van der Waals surface area contributed by atoms with Crippen LogP contribution >= 0.6 is 0 Å². The van der Waals surface area contributed by atoms with Crippen LogP contribution in [-0.2, 0) is 4.74 Å². The lowest BCUT2D eigenvalue weighted by atomic mass is 10.0. The summed E-state index contributed by atoms with van der Waals surface area (Å²) in [6.45, 7) is 11.4. The van der Waals surface area contributed by atoms with Crippen molar-refractivity contribution in [3.05, 3.63) is 29.3 Å². The van der Waals surface area contributed by atoms with Crippen LogP contribution in [0.4, 0.5) is 10.5 Å². The normalized spacial score (nSPS) is 16.5. The second kappa shape index (κ2) is 6.59. The molecule has 0 unspecified atom stereocenters. The van der Waals surface area contributed by atoms with Crippen LogP contribution in [0.3, 0.4) is 0 Å². The van der Waals surface area contributed by atoms with Gasteiger partial charge in [0.2, 0.25) is 0 Å². The highest BCUT2D eigenvalue weighted by atomic mass is 16.6. The van der Waals surface area contributed by atoms with E-state index in [1.165, 1.54) is 16.8 Å². The minimum atomic E-state index is -0.425. The molecule has 0 atom stereocenters. The molecule has 1 aliphatic heterocycles. The Morgan fingerprint density at radius 2 is 1.86 bits per heavy atom. The molecule has 1 fully saturated rings. The van der Waals surface area contributed by atoms with Crippen molar-refractivity contribution in [2.24, 2.45) is 0 Å². The van der Waals surface area contributed by atoms with Gasteiger partial charge in [-0.3, -0.25) is 0 Å².